The summed E-state index contributed by atoms with van der Waals surface area (Å²) in [6.07, 6.45) is 8.17. The molecule has 1 saturated carbocycles. The topological polar surface area (TPSA) is 0 Å². The predicted octanol–water partition coefficient (Wildman–Crippen LogP) is 4.64. The van der Waals surface area contributed by atoms with E-state index in [1.165, 1.54) is 32.1 Å². The van der Waals surface area contributed by atoms with Crippen LogP contribution in [-0.4, -0.2) is 6.69 Å². The third-order valence-electron chi connectivity index (χ3n) is 2.95. The Morgan fingerprint density at radius 3 is 2.38 bits per heavy atom. The van der Waals surface area contributed by atoms with Gasteiger partial charge in [-0.1, -0.05) is 39.0 Å². The maximum absolute atomic E-state index is 6.19. The highest BCUT2D eigenvalue weighted by molar-refractivity contribution is 7.47. The second-order valence-corrected chi connectivity index (χ2v) is 11.3. The first-order chi connectivity index (χ1) is 6.14. The van der Waals surface area contributed by atoms with Gasteiger partial charge in [0.25, 0.3) is 6.69 Å². The number of hydrogen-bond acceptors (Lipinski definition) is 0. The quantitative estimate of drug-likeness (QED) is 0.494. The monoisotopic (exact) mass is 237 g/mol. The van der Waals surface area contributed by atoms with Crippen LogP contribution in [0.4, 0.5) is 0 Å². The van der Waals surface area contributed by atoms with Crippen LogP contribution in [0, 0.1) is 12.0 Å². The van der Waals surface area contributed by atoms with Gasteiger partial charge in [-0.05, 0) is 24.4 Å². The van der Waals surface area contributed by atoms with Crippen molar-refractivity contribution in [3.63, 3.8) is 0 Å². The van der Waals surface area contributed by atoms with Gasteiger partial charge in [0, 0.05) is 0 Å². The summed E-state index contributed by atoms with van der Waals surface area (Å²) in [5, 5.41) is 0. The molecule has 77 valence electrons. The SMILES string of the molecule is CC[Si](Cl)(Cl)[CH]CC1CCCCC1. The van der Waals surface area contributed by atoms with Crippen LogP contribution in [0.25, 0.3) is 0 Å². The zero-order chi connectivity index (χ0) is 9.73. The van der Waals surface area contributed by atoms with E-state index in [1.807, 2.05) is 0 Å². The Balaban J connectivity index is 2.17. The van der Waals surface area contributed by atoms with Gasteiger partial charge >= 0.3 is 0 Å². The molecule has 1 radical (unpaired) electrons. The van der Waals surface area contributed by atoms with Crippen LogP contribution in [0.15, 0.2) is 0 Å². The van der Waals surface area contributed by atoms with E-state index in [0.29, 0.717) is 0 Å². The molecule has 0 N–H and O–H groups in total. The van der Waals surface area contributed by atoms with Crippen molar-refractivity contribution in [2.24, 2.45) is 5.92 Å². The van der Waals surface area contributed by atoms with Crippen molar-refractivity contribution in [2.75, 3.05) is 0 Å². The molecule has 1 rings (SSSR count). The van der Waals surface area contributed by atoms with Crippen LogP contribution in [-0.2, 0) is 0 Å². The summed E-state index contributed by atoms with van der Waals surface area (Å²) in [5.41, 5.74) is 0. The second kappa shape index (κ2) is 5.62. The van der Waals surface area contributed by atoms with E-state index in [-0.39, 0.29) is 0 Å². The van der Waals surface area contributed by atoms with Crippen LogP contribution in [0.3, 0.4) is 0 Å². The molecule has 0 amide bonds. The van der Waals surface area contributed by atoms with Gasteiger partial charge in [0.1, 0.15) is 0 Å². The third kappa shape index (κ3) is 4.71. The lowest BCUT2D eigenvalue weighted by Crippen LogP contribution is -2.21. The molecular weight excluding hydrogens is 219 g/mol. The normalized spacial score (nSPS) is 20.5. The van der Waals surface area contributed by atoms with E-state index in [1.54, 1.807) is 0 Å². The fourth-order valence-corrected chi connectivity index (χ4v) is 3.41. The van der Waals surface area contributed by atoms with E-state index in [0.717, 1.165) is 18.4 Å². The van der Waals surface area contributed by atoms with Gasteiger partial charge in [0.15, 0.2) is 0 Å². The van der Waals surface area contributed by atoms with Gasteiger partial charge in [-0.2, -0.15) is 0 Å². The van der Waals surface area contributed by atoms with Crippen molar-refractivity contribution in [3.8, 4) is 0 Å². The Bertz CT molecular complexity index is 142. The zero-order valence-corrected chi connectivity index (χ0v) is 10.9. The Kier molecular flexibility index (Phi) is 5.13. The van der Waals surface area contributed by atoms with Gasteiger partial charge in [-0.15, -0.1) is 22.2 Å². The van der Waals surface area contributed by atoms with Gasteiger partial charge in [-0.25, -0.2) is 0 Å². The Morgan fingerprint density at radius 2 is 1.85 bits per heavy atom. The molecule has 0 nitrogen and oxygen atoms in total. The summed E-state index contributed by atoms with van der Waals surface area (Å²) in [5.74, 6) is 0.879. The first-order valence-corrected chi connectivity index (χ1v) is 9.67. The van der Waals surface area contributed by atoms with Crippen LogP contribution in [0.5, 0.6) is 0 Å². The fraction of sp³-hybridized carbons (Fsp3) is 0.900. The van der Waals surface area contributed by atoms with Gasteiger partial charge in [0.05, 0.1) is 0 Å². The van der Waals surface area contributed by atoms with Crippen LogP contribution in [0.1, 0.15) is 45.4 Å². The lowest BCUT2D eigenvalue weighted by Gasteiger charge is -2.23. The van der Waals surface area contributed by atoms with Crippen molar-refractivity contribution >= 4 is 28.9 Å². The van der Waals surface area contributed by atoms with E-state index in [9.17, 15) is 0 Å². The molecule has 0 bridgehead atoms. The average Bonchev–Trinajstić information content (AvgIpc) is 2.17. The lowest BCUT2D eigenvalue weighted by molar-refractivity contribution is 0.358. The maximum atomic E-state index is 6.19. The molecule has 0 aromatic carbocycles. The summed E-state index contributed by atoms with van der Waals surface area (Å²) in [6, 6.07) is 3.18. The number of rotatable bonds is 4. The lowest BCUT2D eigenvalue weighted by atomic mass is 9.88. The predicted molar refractivity (Wildman–Crippen MR) is 63.4 cm³/mol. The zero-order valence-electron chi connectivity index (χ0n) is 8.36. The minimum absolute atomic E-state index is 0.879. The molecule has 1 fully saturated rings. The fourth-order valence-electron chi connectivity index (χ4n) is 1.91. The van der Waals surface area contributed by atoms with Crippen molar-refractivity contribution in [1.82, 2.24) is 0 Å². The van der Waals surface area contributed by atoms with Crippen molar-refractivity contribution in [1.29, 1.82) is 0 Å². The standard InChI is InChI=1S/C10H19Cl2Si/c1-2-13(11,12)9-8-10-6-4-3-5-7-10/h9-10H,2-8H2,1H3. The Labute approximate surface area is 92.4 Å². The molecule has 3 heteroatoms. The molecule has 1 aliphatic carbocycles. The highest BCUT2D eigenvalue weighted by Crippen LogP contribution is 2.32. The first-order valence-electron chi connectivity index (χ1n) is 5.36. The molecule has 0 atom stereocenters. The summed E-state index contributed by atoms with van der Waals surface area (Å²) >= 11 is 12.4. The summed E-state index contributed by atoms with van der Waals surface area (Å²) < 4.78 is 0. The smallest absolute Gasteiger partial charge is 0.146 e. The van der Waals surface area contributed by atoms with E-state index < -0.39 is 6.69 Å². The van der Waals surface area contributed by atoms with Crippen molar-refractivity contribution < 1.29 is 0 Å². The third-order valence-corrected chi connectivity index (χ3v) is 7.25. The molecular formula is C10H19Cl2Si. The minimum Gasteiger partial charge on any atom is -0.146 e. The molecule has 0 aromatic heterocycles. The van der Waals surface area contributed by atoms with E-state index in [4.69, 9.17) is 22.2 Å². The maximum Gasteiger partial charge on any atom is 0.254 e. The van der Waals surface area contributed by atoms with Crippen LogP contribution < -0.4 is 0 Å². The van der Waals surface area contributed by atoms with E-state index >= 15 is 0 Å². The molecule has 0 saturated heterocycles. The van der Waals surface area contributed by atoms with Crippen molar-refractivity contribution in [3.05, 3.63) is 6.04 Å². The Morgan fingerprint density at radius 1 is 1.23 bits per heavy atom. The highest BCUT2D eigenvalue weighted by Gasteiger charge is 2.27. The largest absolute Gasteiger partial charge is 0.254 e. The Hall–Kier alpha value is 0.797. The summed E-state index contributed by atoms with van der Waals surface area (Å²) in [6.45, 7) is 0.145. The van der Waals surface area contributed by atoms with Crippen molar-refractivity contribution in [2.45, 2.75) is 51.5 Å². The highest BCUT2D eigenvalue weighted by atomic mass is 35.7. The molecule has 0 aliphatic heterocycles. The average molecular weight is 238 g/mol. The molecule has 0 heterocycles. The molecule has 13 heavy (non-hydrogen) atoms. The van der Waals surface area contributed by atoms with Gasteiger partial charge in [-0.3, -0.25) is 0 Å². The first kappa shape index (κ1) is 11.9. The summed E-state index contributed by atoms with van der Waals surface area (Å²) in [4.78, 5) is 0. The minimum atomic E-state index is -1.94. The van der Waals surface area contributed by atoms with Crippen LogP contribution in [0.2, 0.25) is 6.04 Å². The molecule has 0 spiro atoms. The molecule has 0 unspecified atom stereocenters. The van der Waals surface area contributed by atoms with Gasteiger partial charge < -0.3 is 0 Å². The van der Waals surface area contributed by atoms with Crippen LogP contribution >= 0.6 is 22.2 Å². The second-order valence-electron chi connectivity index (χ2n) is 4.06. The number of hydrogen-bond donors (Lipinski definition) is 0. The molecule has 1 aliphatic rings. The van der Waals surface area contributed by atoms with Gasteiger partial charge in [0.2, 0.25) is 0 Å². The number of halogens is 2. The van der Waals surface area contributed by atoms with E-state index in [2.05, 4.69) is 13.0 Å². The summed E-state index contributed by atoms with van der Waals surface area (Å²) in [7, 11) is 0. The molecule has 0 aromatic rings.